The smallest absolute Gasteiger partial charge is 0.397 e. The molecule has 9 nitrogen and oxygen atoms in total. The highest BCUT2D eigenvalue weighted by Crippen LogP contribution is 2.35. The van der Waals surface area contributed by atoms with Gasteiger partial charge in [0.15, 0.2) is 0 Å². The van der Waals surface area contributed by atoms with Crippen molar-refractivity contribution >= 4 is 23.0 Å². The second-order valence-corrected chi connectivity index (χ2v) is 9.72. The van der Waals surface area contributed by atoms with Crippen LogP contribution < -0.4 is 21.8 Å². The number of amides is 1. The van der Waals surface area contributed by atoms with Gasteiger partial charge in [0.1, 0.15) is 0 Å². The van der Waals surface area contributed by atoms with E-state index >= 15 is 0 Å². The number of alkyl halides is 3. The number of allylic oxidation sites excluding steroid dienone is 3. The molecule has 0 atom stereocenters. The molecule has 2 aliphatic rings. The van der Waals surface area contributed by atoms with Crippen LogP contribution in [0.4, 0.5) is 24.5 Å². The first-order valence-electron chi connectivity index (χ1n) is 13.5. The summed E-state index contributed by atoms with van der Waals surface area (Å²) in [5.74, 6) is 5.75. The van der Waals surface area contributed by atoms with Crippen LogP contribution in [0.25, 0.3) is 5.70 Å². The highest BCUT2D eigenvalue weighted by molar-refractivity contribution is 6.06. The van der Waals surface area contributed by atoms with E-state index in [0.717, 1.165) is 30.8 Å². The summed E-state index contributed by atoms with van der Waals surface area (Å²) in [5, 5.41) is 8.07. The number of likely N-dealkylation sites (N-methyl/N-ethyl adjacent to an activating group) is 1. The number of anilines is 2. The minimum absolute atomic E-state index is 0.0684. The fourth-order valence-corrected chi connectivity index (χ4v) is 4.39. The van der Waals surface area contributed by atoms with Crippen molar-refractivity contribution < 1.29 is 18.0 Å². The first-order valence-corrected chi connectivity index (χ1v) is 13.5. The molecule has 0 radical (unpaired) electrons. The molecule has 1 amide bonds. The maximum Gasteiger partial charge on any atom is 0.416 e. The van der Waals surface area contributed by atoms with E-state index < -0.39 is 17.6 Å². The Kier molecular flexibility index (Phi) is 10.4. The SMILES string of the molecule is CC.CC1=CCC=C(C(=O)Nc2cc(N3CCN(C)CC3)cc(C(F)(F)F)c2)C=C1N(N)/C=C(\N)c1cnn(C)c1. The number of nitrogens with two attached hydrogens (primary N) is 2. The van der Waals surface area contributed by atoms with Gasteiger partial charge in [-0.05, 0) is 50.2 Å². The minimum Gasteiger partial charge on any atom is -0.397 e. The molecule has 1 aromatic carbocycles. The predicted molar refractivity (Wildman–Crippen MR) is 157 cm³/mol. The fourth-order valence-electron chi connectivity index (χ4n) is 4.39. The van der Waals surface area contributed by atoms with Gasteiger partial charge in [0.2, 0.25) is 0 Å². The Balaban J connectivity index is 0.00000226. The number of rotatable bonds is 6. The summed E-state index contributed by atoms with van der Waals surface area (Å²) in [7, 11) is 3.74. The molecule has 0 spiro atoms. The third kappa shape index (κ3) is 8.24. The molecule has 4 rings (SSSR count). The number of carbonyl (C=O) groups excluding carboxylic acids is 1. The molecule has 222 valence electrons. The normalized spacial score (nSPS) is 16.6. The lowest BCUT2D eigenvalue weighted by molar-refractivity contribution is -0.137. The van der Waals surface area contributed by atoms with E-state index in [1.165, 1.54) is 11.2 Å². The molecule has 0 saturated carbocycles. The molecular weight excluding hydrogens is 533 g/mol. The van der Waals surface area contributed by atoms with Crippen LogP contribution in [0.2, 0.25) is 0 Å². The van der Waals surface area contributed by atoms with E-state index in [4.69, 9.17) is 11.6 Å². The van der Waals surface area contributed by atoms with E-state index in [2.05, 4.69) is 15.3 Å². The van der Waals surface area contributed by atoms with Crippen LogP contribution in [-0.2, 0) is 18.0 Å². The van der Waals surface area contributed by atoms with E-state index in [9.17, 15) is 18.0 Å². The number of benzene rings is 1. The van der Waals surface area contributed by atoms with Gasteiger partial charge in [0, 0.05) is 68.1 Å². The number of hydrazine groups is 1. The molecular formula is C29H39F3N8O. The lowest BCUT2D eigenvalue weighted by Crippen LogP contribution is -2.44. The molecule has 0 bridgehead atoms. The molecule has 1 aliphatic heterocycles. The number of piperazine rings is 1. The van der Waals surface area contributed by atoms with Gasteiger partial charge in [-0.1, -0.05) is 26.0 Å². The van der Waals surface area contributed by atoms with Gasteiger partial charge < -0.3 is 20.9 Å². The number of hydrogen-bond donors (Lipinski definition) is 3. The first-order chi connectivity index (χ1) is 19.4. The lowest BCUT2D eigenvalue weighted by atomic mass is 10.1. The third-order valence-corrected chi connectivity index (χ3v) is 6.69. The highest BCUT2D eigenvalue weighted by Gasteiger charge is 2.32. The molecule has 0 unspecified atom stereocenters. The van der Waals surface area contributed by atoms with Crippen LogP contribution in [0.15, 0.2) is 71.9 Å². The molecule has 41 heavy (non-hydrogen) atoms. The summed E-state index contributed by atoms with van der Waals surface area (Å²) in [6.07, 6.45) is 5.95. The summed E-state index contributed by atoms with van der Waals surface area (Å²) in [5.41, 5.74) is 8.49. The molecule has 2 aromatic rings. The number of nitrogens with zero attached hydrogens (tertiary/aromatic N) is 5. The van der Waals surface area contributed by atoms with Crippen molar-refractivity contribution in [1.82, 2.24) is 19.7 Å². The van der Waals surface area contributed by atoms with E-state index in [1.807, 2.05) is 38.8 Å². The van der Waals surface area contributed by atoms with Gasteiger partial charge in [0.05, 0.1) is 23.2 Å². The van der Waals surface area contributed by atoms with E-state index in [0.29, 0.717) is 42.2 Å². The Morgan fingerprint density at radius 1 is 1.10 bits per heavy atom. The monoisotopic (exact) mass is 572 g/mol. The van der Waals surface area contributed by atoms with Crippen LogP contribution in [0.1, 0.15) is 38.3 Å². The van der Waals surface area contributed by atoms with Crippen molar-refractivity contribution in [2.75, 3.05) is 43.4 Å². The van der Waals surface area contributed by atoms with Gasteiger partial charge in [-0.25, -0.2) is 5.84 Å². The number of carbonyl (C=O) groups is 1. The highest BCUT2D eigenvalue weighted by atomic mass is 19.4. The van der Waals surface area contributed by atoms with Crippen molar-refractivity contribution in [3.63, 3.8) is 0 Å². The zero-order chi connectivity index (χ0) is 30.3. The van der Waals surface area contributed by atoms with Gasteiger partial charge in [-0.2, -0.15) is 18.3 Å². The first kappa shape index (κ1) is 31.5. The summed E-state index contributed by atoms with van der Waals surface area (Å²) in [4.78, 5) is 17.3. The largest absolute Gasteiger partial charge is 0.416 e. The number of hydrogen-bond acceptors (Lipinski definition) is 7. The minimum atomic E-state index is -4.56. The standard InChI is InChI=1S/C27H33F3N8O.C2H6/c1-18-5-4-6-19(11-25(18)38(32)17-24(31)20-15-33-36(3)16-20)26(39)34-22-12-21(27(28,29)30)13-23(14-22)37-9-7-35(2)8-10-37;1-2/h5-6,11-17H,4,7-10,31-32H2,1-3H3,(H,34,39);1-2H3/b24-17-;. The molecule has 2 heterocycles. The van der Waals surface area contributed by atoms with Gasteiger partial charge in [-0.15, -0.1) is 0 Å². The van der Waals surface area contributed by atoms with Crippen molar-refractivity contribution in [1.29, 1.82) is 0 Å². The van der Waals surface area contributed by atoms with Crippen molar-refractivity contribution in [3.05, 3.63) is 83.0 Å². The third-order valence-electron chi connectivity index (χ3n) is 6.69. The average Bonchev–Trinajstić information content (AvgIpc) is 3.27. The van der Waals surface area contributed by atoms with Crippen LogP contribution in [0.3, 0.4) is 0 Å². The van der Waals surface area contributed by atoms with Crippen LogP contribution in [-0.4, -0.2) is 58.8 Å². The quantitative estimate of drug-likeness (QED) is 0.347. The molecule has 1 aromatic heterocycles. The Hall–Kier alpha value is -4.03. The number of aromatic nitrogens is 2. The Morgan fingerprint density at radius 3 is 2.39 bits per heavy atom. The average molecular weight is 573 g/mol. The molecule has 1 aliphatic carbocycles. The topological polar surface area (TPSA) is 109 Å². The summed E-state index contributed by atoms with van der Waals surface area (Å²) in [6, 6.07) is 3.66. The zero-order valence-corrected chi connectivity index (χ0v) is 24.2. The zero-order valence-electron chi connectivity index (χ0n) is 24.2. The number of nitrogens with one attached hydrogen (secondary N) is 1. The predicted octanol–water partition coefficient (Wildman–Crippen LogP) is 4.45. The fraction of sp³-hybridized carbons (Fsp3) is 0.379. The Morgan fingerprint density at radius 2 is 1.78 bits per heavy atom. The van der Waals surface area contributed by atoms with Gasteiger partial charge in [0.25, 0.3) is 5.91 Å². The maximum atomic E-state index is 13.7. The number of aryl methyl sites for hydroxylation is 1. The van der Waals surface area contributed by atoms with E-state index in [1.54, 1.807) is 42.3 Å². The Labute approximate surface area is 239 Å². The van der Waals surface area contributed by atoms with Crippen LogP contribution in [0.5, 0.6) is 0 Å². The van der Waals surface area contributed by atoms with Crippen molar-refractivity contribution in [2.24, 2.45) is 18.6 Å². The molecule has 12 heteroatoms. The molecule has 1 saturated heterocycles. The van der Waals surface area contributed by atoms with Crippen molar-refractivity contribution in [3.8, 4) is 0 Å². The lowest BCUT2D eigenvalue weighted by Gasteiger charge is -2.34. The molecule has 1 fully saturated rings. The summed E-state index contributed by atoms with van der Waals surface area (Å²) >= 11 is 0. The second kappa shape index (κ2) is 13.6. The van der Waals surface area contributed by atoms with E-state index in [-0.39, 0.29) is 11.3 Å². The summed E-state index contributed by atoms with van der Waals surface area (Å²) in [6.45, 7) is 8.51. The maximum absolute atomic E-state index is 13.7. The summed E-state index contributed by atoms with van der Waals surface area (Å²) < 4.78 is 42.8. The van der Waals surface area contributed by atoms with Gasteiger partial charge >= 0.3 is 6.18 Å². The molecule has 5 N–H and O–H groups in total. The van der Waals surface area contributed by atoms with Crippen LogP contribution in [0, 0.1) is 0 Å². The Bertz CT molecular complexity index is 1350. The second-order valence-electron chi connectivity index (χ2n) is 9.72. The van der Waals surface area contributed by atoms with Crippen molar-refractivity contribution in [2.45, 2.75) is 33.4 Å². The number of halogens is 3. The van der Waals surface area contributed by atoms with Gasteiger partial charge in [-0.3, -0.25) is 14.5 Å². The van der Waals surface area contributed by atoms with Crippen LogP contribution >= 0.6 is 0 Å².